The Morgan fingerprint density at radius 1 is 1.05 bits per heavy atom. The van der Waals surface area contributed by atoms with E-state index in [0.717, 1.165) is 21.5 Å². The van der Waals surface area contributed by atoms with Crippen LogP contribution in [0.25, 0.3) is 0 Å². The molecule has 100 valence electrons. The van der Waals surface area contributed by atoms with Gasteiger partial charge in [-0.1, -0.05) is 34.1 Å². The van der Waals surface area contributed by atoms with Crippen LogP contribution >= 0.6 is 15.9 Å². The van der Waals surface area contributed by atoms with Gasteiger partial charge in [-0.2, -0.15) is 0 Å². The highest BCUT2D eigenvalue weighted by Gasteiger charge is 2.08. The highest BCUT2D eigenvalue weighted by Crippen LogP contribution is 2.34. The molecular formula is C15H16BrNO2. The SMILES string of the molecule is CCOc1ccccc1Oc1cc(Br)ccc1CN. The summed E-state index contributed by atoms with van der Waals surface area (Å²) in [7, 11) is 0. The quantitative estimate of drug-likeness (QED) is 0.901. The van der Waals surface area contributed by atoms with Gasteiger partial charge >= 0.3 is 0 Å². The van der Waals surface area contributed by atoms with Crippen LogP contribution in [-0.4, -0.2) is 6.61 Å². The first-order chi connectivity index (χ1) is 9.24. The summed E-state index contributed by atoms with van der Waals surface area (Å²) < 4.78 is 12.4. The summed E-state index contributed by atoms with van der Waals surface area (Å²) in [6.45, 7) is 2.98. The predicted molar refractivity (Wildman–Crippen MR) is 79.7 cm³/mol. The number of hydrogen-bond acceptors (Lipinski definition) is 3. The van der Waals surface area contributed by atoms with Crippen LogP contribution in [0.2, 0.25) is 0 Å². The molecule has 0 radical (unpaired) electrons. The number of hydrogen-bond donors (Lipinski definition) is 1. The van der Waals surface area contributed by atoms with Crippen LogP contribution in [0.1, 0.15) is 12.5 Å². The van der Waals surface area contributed by atoms with E-state index < -0.39 is 0 Å². The summed E-state index contributed by atoms with van der Waals surface area (Å²) in [6.07, 6.45) is 0. The van der Waals surface area contributed by atoms with E-state index in [1.807, 2.05) is 49.4 Å². The zero-order chi connectivity index (χ0) is 13.7. The van der Waals surface area contributed by atoms with Crippen molar-refractivity contribution in [3.8, 4) is 17.2 Å². The van der Waals surface area contributed by atoms with Crippen LogP contribution < -0.4 is 15.2 Å². The zero-order valence-electron chi connectivity index (χ0n) is 10.7. The third-order valence-electron chi connectivity index (χ3n) is 2.62. The van der Waals surface area contributed by atoms with Gasteiger partial charge in [0, 0.05) is 16.6 Å². The van der Waals surface area contributed by atoms with E-state index in [9.17, 15) is 0 Å². The van der Waals surface area contributed by atoms with Crippen molar-refractivity contribution in [1.29, 1.82) is 0 Å². The van der Waals surface area contributed by atoms with Gasteiger partial charge in [-0.3, -0.25) is 0 Å². The van der Waals surface area contributed by atoms with Gasteiger partial charge < -0.3 is 15.2 Å². The molecule has 0 aliphatic rings. The molecule has 2 rings (SSSR count). The maximum absolute atomic E-state index is 5.93. The van der Waals surface area contributed by atoms with Gasteiger partial charge in [-0.15, -0.1) is 0 Å². The molecule has 2 N–H and O–H groups in total. The number of nitrogens with two attached hydrogens (primary N) is 1. The highest BCUT2D eigenvalue weighted by atomic mass is 79.9. The maximum Gasteiger partial charge on any atom is 0.169 e. The second-order valence-corrected chi connectivity index (χ2v) is 4.85. The summed E-state index contributed by atoms with van der Waals surface area (Å²) in [4.78, 5) is 0. The average molecular weight is 322 g/mol. The fraction of sp³-hybridized carbons (Fsp3) is 0.200. The number of rotatable bonds is 5. The van der Waals surface area contributed by atoms with Crippen LogP contribution in [0.15, 0.2) is 46.9 Å². The molecule has 0 bridgehead atoms. The van der Waals surface area contributed by atoms with Crippen LogP contribution in [-0.2, 0) is 6.54 Å². The first kappa shape index (κ1) is 13.9. The molecule has 0 aromatic heterocycles. The van der Waals surface area contributed by atoms with E-state index in [0.29, 0.717) is 18.9 Å². The van der Waals surface area contributed by atoms with Crippen molar-refractivity contribution in [2.45, 2.75) is 13.5 Å². The third kappa shape index (κ3) is 3.49. The van der Waals surface area contributed by atoms with Gasteiger partial charge in [0.25, 0.3) is 0 Å². The fourth-order valence-corrected chi connectivity index (χ4v) is 2.06. The molecule has 0 saturated carbocycles. The Morgan fingerprint density at radius 3 is 2.47 bits per heavy atom. The van der Waals surface area contributed by atoms with Crippen LogP contribution in [0, 0.1) is 0 Å². The molecule has 2 aromatic rings. The summed E-state index contributed by atoms with van der Waals surface area (Å²) in [5, 5.41) is 0. The lowest BCUT2D eigenvalue weighted by atomic mass is 10.2. The minimum absolute atomic E-state index is 0.430. The molecule has 19 heavy (non-hydrogen) atoms. The summed E-state index contributed by atoms with van der Waals surface area (Å²) in [6, 6.07) is 13.4. The number of para-hydroxylation sites is 2. The minimum Gasteiger partial charge on any atom is -0.490 e. The van der Waals surface area contributed by atoms with Crippen LogP contribution in [0.3, 0.4) is 0 Å². The minimum atomic E-state index is 0.430. The van der Waals surface area contributed by atoms with Crippen molar-refractivity contribution in [3.05, 3.63) is 52.5 Å². The Bertz CT molecular complexity index is 558. The van der Waals surface area contributed by atoms with Gasteiger partial charge in [0.1, 0.15) is 5.75 Å². The molecule has 0 aliphatic carbocycles. The monoisotopic (exact) mass is 321 g/mol. The van der Waals surface area contributed by atoms with Gasteiger partial charge in [0.2, 0.25) is 0 Å². The second kappa shape index (κ2) is 6.59. The Morgan fingerprint density at radius 2 is 1.79 bits per heavy atom. The Kier molecular flexibility index (Phi) is 4.82. The number of ether oxygens (including phenoxy) is 2. The van der Waals surface area contributed by atoms with Crippen molar-refractivity contribution >= 4 is 15.9 Å². The molecule has 0 amide bonds. The molecule has 0 unspecified atom stereocenters. The molecule has 0 heterocycles. The zero-order valence-corrected chi connectivity index (χ0v) is 12.3. The lowest BCUT2D eigenvalue weighted by Crippen LogP contribution is -2.00. The van der Waals surface area contributed by atoms with E-state index in [1.165, 1.54) is 0 Å². The van der Waals surface area contributed by atoms with Crippen molar-refractivity contribution in [2.24, 2.45) is 5.73 Å². The first-order valence-corrected chi connectivity index (χ1v) is 6.92. The van der Waals surface area contributed by atoms with Crippen molar-refractivity contribution in [2.75, 3.05) is 6.61 Å². The molecule has 2 aromatic carbocycles. The fourth-order valence-electron chi connectivity index (χ4n) is 1.72. The molecule has 0 spiro atoms. The topological polar surface area (TPSA) is 44.5 Å². The molecule has 0 aliphatic heterocycles. The molecule has 0 fully saturated rings. The lowest BCUT2D eigenvalue weighted by Gasteiger charge is -2.13. The average Bonchev–Trinajstić information content (AvgIpc) is 2.42. The highest BCUT2D eigenvalue weighted by molar-refractivity contribution is 9.10. The van der Waals surface area contributed by atoms with Gasteiger partial charge in [0.15, 0.2) is 11.5 Å². The van der Waals surface area contributed by atoms with Crippen molar-refractivity contribution < 1.29 is 9.47 Å². The third-order valence-corrected chi connectivity index (χ3v) is 3.11. The van der Waals surface area contributed by atoms with Crippen molar-refractivity contribution in [1.82, 2.24) is 0 Å². The lowest BCUT2D eigenvalue weighted by molar-refractivity contribution is 0.321. The van der Waals surface area contributed by atoms with E-state index in [2.05, 4.69) is 15.9 Å². The van der Waals surface area contributed by atoms with Gasteiger partial charge in [0.05, 0.1) is 6.61 Å². The number of halogens is 1. The molecule has 0 atom stereocenters. The smallest absolute Gasteiger partial charge is 0.169 e. The van der Waals surface area contributed by atoms with Crippen molar-refractivity contribution in [3.63, 3.8) is 0 Å². The normalized spacial score (nSPS) is 10.3. The van der Waals surface area contributed by atoms with E-state index in [4.69, 9.17) is 15.2 Å². The van der Waals surface area contributed by atoms with Gasteiger partial charge in [-0.05, 0) is 31.2 Å². The standard InChI is InChI=1S/C15H16BrNO2/c1-2-18-13-5-3-4-6-14(13)19-15-9-12(16)8-7-11(15)10-17/h3-9H,2,10,17H2,1H3. The Balaban J connectivity index is 2.33. The second-order valence-electron chi connectivity index (χ2n) is 3.94. The molecule has 4 heteroatoms. The summed E-state index contributed by atoms with van der Waals surface area (Å²) in [5.74, 6) is 2.16. The summed E-state index contributed by atoms with van der Waals surface area (Å²) >= 11 is 3.44. The Labute approximate surface area is 121 Å². The first-order valence-electron chi connectivity index (χ1n) is 6.12. The summed E-state index contributed by atoms with van der Waals surface area (Å²) in [5.41, 5.74) is 6.68. The molecule has 3 nitrogen and oxygen atoms in total. The van der Waals surface area contributed by atoms with E-state index in [1.54, 1.807) is 0 Å². The number of benzene rings is 2. The predicted octanol–water partition coefficient (Wildman–Crippen LogP) is 4.10. The van der Waals surface area contributed by atoms with E-state index in [-0.39, 0.29) is 0 Å². The van der Waals surface area contributed by atoms with Crippen LogP contribution in [0.5, 0.6) is 17.2 Å². The van der Waals surface area contributed by atoms with Crippen LogP contribution in [0.4, 0.5) is 0 Å². The maximum atomic E-state index is 5.93. The Hall–Kier alpha value is -1.52. The molecule has 0 saturated heterocycles. The van der Waals surface area contributed by atoms with Gasteiger partial charge in [-0.25, -0.2) is 0 Å². The largest absolute Gasteiger partial charge is 0.490 e. The molecular weight excluding hydrogens is 306 g/mol. The van der Waals surface area contributed by atoms with E-state index >= 15 is 0 Å².